The van der Waals surface area contributed by atoms with E-state index in [0.717, 1.165) is 33.3 Å². The molecule has 2 heterocycles. The zero-order valence-corrected chi connectivity index (χ0v) is 11.6. The Hall–Kier alpha value is -2.81. The van der Waals surface area contributed by atoms with Crippen LogP contribution in [0.2, 0.25) is 0 Å². The summed E-state index contributed by atoms with van der Waals surface area (Å²) < 4.78 is 0. The van der Waals surface area contributed by atoms with Crippen molar-refractivity contribution in [3.8, 4) is 0 Å². The number of amides is 1. The van der Waals surface area contributed by atoms with E-state index < -0.39 is 0 Å². The van der Waals surface area contributed by atoms with E-state index in [1.807, 2.05) is 61.8 Å². The summed E-state index contributed by atoms with van der Waals surface area (Å²) in [4.78, 5) is 17.4. The van der Waals surface area contributed by atoms with Crippen molar-refractivity contribution < 1.29 is 4.79 Å². The van der Waals surface area contributed by atoms with E-state index in [2.05, 4.69) is 11.1 Å². The number of likely N-dealkylation sites (N-methyl/N-ethyl adjacent to an activating group) is 1. The fourth-order valence-corrected chi connectivity index (χ4v) is 2.91. The molecule has 1 aliphatic heterocycles. The van der Waals surface area contributed by atoms with Crippen molar-refractivity contribution in [2.75, 3.05) is 11.9 Å². The van der Waals surface area contributed by atoms with Gasteiger partial charge in [0.05, 0.1) is 5.69 Å². The Morgan fingerprint density at radius 1 is 1.05 bits per heavy atom. The number of hydrogen-bond acceptors (Lipinski definition) is 1. The Morgan fingerprint density at radius 3 is 2.71 bits per heavy atom. The van der Waals surface area contributed by atoms with Crippen LogP contribution < -0.4 is 4.90 Å². The molecular formula is C18H14N2O. The fourth-order valence-electron chi connectivity index (χ4n) is 2.91. The monoisotopic (exact) mass is 274 g/mol. The number of hydrogen-bond donors (Lipinski definition) is 1. The van der Waals surface area contributed by atoms with Gasteiger partial charge >= 0.3 is 0 Å². The third-order valence-electron chi connectivity index (χ3n) is 4.01. The minimum absolute atomic E-state index is 0.0430. The van der Waals surface area contributed by atoms with E-state index in [-0.39, 0.29) is 5.91 Å². The highest BCUT2D eigenvalue weighted by Gasteiger charge is 2.29. The van der Waals surface area contributed by atoms with Crippen molar-refractivity contribution in [2.45, 2.75) is 0 Å². The summed E-state index contributed by atoms with van der Waals surface area (Å²) in [6, 6.07) is 16.0. The van der Waals surface area contributed by atoms with Crippen molar-refractivity contribution in [1.29, 1.82) is 0 Å². The first-order valence-electron chi connectivity index (χ1n) is 6.91. The number of nitrogens with one attached hydrogen (secondary N) is 1. The second-order valence-electron chi connectivity index (χ2n) is 5.23. The summed E-state index contributed by atoms with van der Waals surface area (Å²) in [5.74, 6) is 0.0430. The number of carbonyl (C=O) groups is 1. The van der Waals surface area contributed by atoms with Crippen molar-refractivity contribution in [3.63, 3.8) is 0 Å². The summed E-state index contributed by atoms with van der Waals surface area (Å²) in [7, 11) is 1.82. The first-order chi connectivity index (χ1) is 10.3. The van der Waals surface area contributed by atoms with Crippen molar-refractivity contribution in [3.05, 3.63) is 65.9 Å². The molecule has 0 atom stereocenters. The topological polar surface area (TPSA) is 36.1 Å². The molecular weight excluding hydrogens is 260 g/mol. The number of carbonyl (C=O) groups excluding carboxylic acids is 1. The number of anilines is 1. The van der Waals surface area contributed by atoms with Crippen LogP contribution in [0, 0.1) is 0 Å². The molecule has 0 radical (unpaired) electrons. The molecule has 0 fully saturated rings. The lowest BCUT2D eigenvalue weighted by molar-refractivity contribution is -0.112. The van der Waals surface area contributed by atoms with Crippen molar-refractivity contribution >= 4 is 34.1 Å². The highest BCUT2D eigenvalue weighted by molar-refractivity contribution is 6.36. The molecule has 1 amide bonds. The van der Waals surface area contributed by atoms with E-state index in [1.165, 1.54) is 0 Å². The first kappa shape index (κ1) is 12.0. The van der Waals surface area contributed by atoms with Crippen LogP contribution in [0.1, 0.15) is 11.1 Å². The van der Waals surface area contributed by atoms with Gasteiger partial charge < -0.3 is 9.88 Å². The summed E-state index contributed by atoms with van der Waals surface area (Å²) in [5, 5.41) is 1.13. The Balaban J connectivity index is 1.92. The predicted octanol–water partition coefficient (Wildman–Crippen LogP) is 3.68. The van der Waals surface area contributed by atoms with Crippen LogP contribution in [0.15, 0.2) is 54.7 Å². The van der Waals surface area contributed by atoms with Crippen LogP contribution in [0.4, 0.5) is 5.69 Å². The lowest BCUT2D eigenvalue weighted by Crippen LogP contribution is -2.20. The molecule has 1 aromatic heterocycles. The SMILES string of the molecule is CN1C(=O)/C(=C\c2c[nH]c3ccccc23)c2ccccc21. The van der Waals surface area contributed by atoms with Crippen LogP contribution in [0.5, 0.6) is 0 Å². The third-order valence-corrected chi connectivity index (χ3v) is 4.01. The molecule has 3 nitrogen and oxygen atoms in total. The van der Waals surface area contributed by atoms with Gasteiger partial charge in [-0.05, 0) is 18.2 Å². The van der Waals surface area contributed by atoms with E-state index in [1.54, 1.807) is 4.90 Å². The van der Waals surface area contributed by atoms with Gasteiger partial charge in [0.1, 0.15) is 0 Å². The number of nitrogens with zero attached hydrogens (tertiary/aromatic N) is 1. The van der Waals surface area contributed by atoms with E-state index >= 15 is 0 Å². The van der Waals surface area contributed by atoms with Crippen molar-refractivity contribution in [1.82, 2.24) is 4.98 Å². The van der Waals surface area contributed by atoms with Crippen LogP contribution in [-0.4, -0.2) is 17.9 Å². The standard InChI is InChI=1S/C18H14N2O/c1-20-17-9-5-3-7-14(17)15(18(20)21)10-12-11-19-16-8-4-2-6-13(12)16/h2-11,19H,1H3/b15-10-. The Bertz CT molecular complexity index is 889. The van der Waals surface area contributed by atoms with Gasteiger partial charge in [-0.2, -0.15) is 0 Å². The van der Waals surface area contributed by atoms with Gasteiger partial charge in [-0.15, -0.1) is 0 Å². The summed E-state index contributed by atoms with van der Waals surface area (Å²) >= 11 is 0. The second-order valence-corrected chi connectivity index (χ2v) is 5.23. The Kier molecular flexibility index (Phi) is 2.48. The molecule has 0 saturated carbocycles. The number of H-pyrrole nitrogens is 1. The molecule has 102 valence electrons. The van der Waals surface area contributed by atoms with Gasteiger partial charge in [-0.25, -0.2) is 0 Å². The molecule has 1 N–H and O–H groups in total. The number of aromatic amines is 1. The maximum atomic E-state index is 12.5. The molecule has 0 spiro atoms. The number of fused-ring (bicyclic) bond motifs is 2. The van der Waals surface area contributed by atoms with Gasteiger partial charge in [0, 0.05) is 40.8 Å². The van der Waals surface area contributed by atoms with E-state index in [0.29, 0.717) is 0 Å². The average molecular weight is 274 g/mol. The number of benzene rings is 2. The molecule has 3 aromatic rings. The highest BCUT2D eigenvalue weighted by atomic mass is 16.2. The Labute approximate surface area is 122 Å². The zero-order valence-electron chi connectivity index (χ0n) is 11.6. The maximum Gasteiger partial charge on any atom is 0.258 e. The maximum absolute atomic E-state index is 12.5. The van der Waals surface area contributed by atoms with Crippen LogP contribution >= 0.6 is 0 Å². The average Bonchev–Trinajstić information content (AvgIpc) is 3.04. The molecule has 0 aliphatic carbocycles. The van der Waals surface area contributed by atoms with E-state index in [4.69, 9.17) is 0 Å². The lowest BCUT2D eigenvalue weighted by Gasteiger charge is -2.07. The van der Waals surface area contributed by atoms with Gasteiger partial charge in [-0.1, -0.05) is 36.4 Å². The van der Waals surface area contributed by atoms with Crippen LogP contribution in [0.25, 0.3) is 22.6 Å². The minimum Gasteiger partial charge on any atom is -0.361 e. The number of aromatic nitrogens is 1. The highest BCUT2D eigenvalue weighted by Crippen LogP contribution is 2.37. The Morgan fingerprint density at radius 2 is 1.81 bits per heavy atom. The normalized spacial score (nSPS) is 16.0. The lowest BCUT2D eigenvalue weighted by atomic mass is 10.0. The van der Waals surface area contributed by atoms with Gasteiger partial charge in [0.2, 0.25) is 0 Å². The number of rotatable bonds is 1. The number of para-hydroxylation sites is 2. The summed E-state index contributed by atoms with van der Waals surface area (Å²) in [6.45, 7) is 0. The van der Waals surface area contributed by atoms with Gasteiger partial charge in [-0.3, -0.25) is 4.79 Å². The molecule has 1 aliphatic rings. The smallest absolute Gasteiger partial charge is 0.258 e. The molecule has 4 rings (SSSR count). The fraction of sp³-hybridized carbons (Fsp3) is 0.0556. The third kappa shape index (κ3) is 1.71. The zero-order chi connectivity index (χ0) is 14.4. The van der Waals surface area contributed by atoms with Crippen LogP contribution in [0.3, 0.4) is 0 Å². The second kappa shape index (κ2) is 4.35. The van der Waals surface area contributed by atoms with Crippen LogP contribution in [-0.2, 0) is 4.79 Å². The quantitative estimate of drug-likeness (QED) is 0.675. The van der Waals surface area contributed by atoms with Gasteiger partial charge in [0.15, 0.2) is 0 Å². The largest absolute Gasteiger partial charge is 0.361 e. The molecule has 0 unspecified atom stereocenters. The molecule has 0 saturated heterocycles. The first-order valence-corrected chi connectivity index (χ1v) is 6.91. The molecule has 3 heteroatoms. The summed E-state index contributed by atoms with van der Waals surface area (Å²) in [6.07, 6.45) is 3.93. The van der Waals surface area contributed by atoms with Crippen molar-refractivity contribution in [2.24, 2.45) is 0 Å². The molecule has 2 aromatic carbocycles. The van der Waals surface area contributed by atoms with E-state index in [9.17, 15) is 4.79 Å². The molecule has 0 bridgehead atoms. The predicted molar refractivity (Wildman–Crippen MR) is 86.0 cm³/mol. The van der Waals surface area contributed by atoms with Gasteiger partial charge in [0.25, 0.3) is 5.91 Å². The molecule has 21 heavy (non-hydrogen) atoms. The summed E-state index contributed by atoms with van der Waals surface area (Å²) in [5.41, 5.74) is 4.83. The minimum atomic E-state index is 0.0430.